The maximum atomic E-state index is 12.3. The van der Waals surface area contributed by atoms with Crippen molar-refractivity contribution < 1.29 is 4.79 Å². The number of carbonyl (C=O) groups excluding carboxylic acids is 1. The Morgan fingerprint density at radius 2 is 2.32 bits per heavy atom. The second-order valence-corrected chi connectivity index (χ2v) is 6.09. The highest BCUT2D eigenvalue weighted by atomic mass is 16.1. The van der Waals surface area contributed by atoms with Crippen LogP contribution in [0.5, 0.6) is 0 Å². The minimum Gasteiger partial charge on any atom is -0.326 e. The second kappa shape index (κ2) is 5.72. The zero-order valence-electron chi connectivity index (χ0n) is 11.7. The number of hydrogen-bond acceptors (Lipinski definition) is 3. The molecule has 1 fully saturated rings. The minimum atomic E-state index is 0.0327. The van der Waals surface area contributed by atoms with Crippen molar-refractivity contribution in [1.29, 1.82) is 0 Å². The molecule has 4 nitrogen and oxygen atoms in total. The SMILES string of the molecule is CC1(C)CNC[C@H](C(=O)Nc2cccc(CN)c2)C1. The average molecular weight is 261 g/mol. The van der Waals surface area contributed by atoms with Gasteiger partial charge in [0.2, 0.25) is 5.91 Å². The van der Waals surface area contributed by atoms with Crippen LogP contribution in [0, 0.1) is 11.3 Å². The zero-order valence-corrected chi connectivity index (χ0v) is 11.7. The molecule has 1 amide bonds. The van der Waals surface area contributed by atoms with Crippen molar-refractivity contribution in [1.82, 2.24) is 5.32 Å². The van der Waals surface area contributed by atoms with E-state index >= 15 is 0 Å². The van der Waals surface area contributed by atoms with Crippen LogP contribution in [0.15, 0.2) is 24.3 Å². The number of nitrogens with two attached hydrogens (primary N) is 1. The largest absolute Gasteiger partial charge is 0.326 e. The summed E-state index contributed by atoms with van der Waals surface area (Å²) in [6.45, 7) is 6.59. The molecule has 1 atom stereocenters. The highest BCUT2D eigenvalue weighted by Crippen LogP contribution is 2.28. The van der Waals surface area contributed by atoms with Crippen molar-refractivity contribution in [2.75, 3.05) is 18.4 Å². The van der Waals surface area contributed by atoms with E-state index in [-0.39, 0.29) is 17.2 Å². The van der Waals surface area contributed by atoms with Gasteiger partial charge in [-0.15, -0.1) is 0 Å². The van der Waals surface area contributed by atoms with Crippen LogP contribution < -0.4 is 16.4 Å². The fraction of sp³-hybridized carbons (Fsp3) is 0.533. The summed E-state index contributed by atoms with van der Waals surface area (Å²) in [4.78, 5) is 12.3. The smallest absolute Gasteiger partial charge is 0.228 e. The molecule has 0 bridgehead atoms. The molecule has 19 heavy (non-hydrogen) atoms. The molecule has 4 N–H and O–H groups in total. The van der Waals surface area contributed by atoms with Gasteiger partial charge in [-0.25, -0.2) is 0 Å². The van der Waals surface area contributed by atoms with Crippen molar-refractivity contribution in [2.45, 2.75) is 26.8 Å². The number of hydrogen-bond donors (Lipinski definition) is 3. The Balaban J connectivity index is 2.00. The first-order valence-electron chi connectivity index (χ1n) is 6.81. The lowest BCUT2D eigenvalue weighted by Gasteiger charge is -2.35. The van der Waals surface area contributed by atoms with E-state index in [1.54, 1.807) is 0 Å². The quantitative estimate of drug-likeness (QED) is 0.776. The van der Waals surface area contributed by atoms with Crippen LogP contribution in [0.2, 0.25) is 0 Å². The number of anilines is 1. The molecule has 0 aliphatic carbocycles. The van der Waals surface area contributed by atoms with E-state index in [0.29, 0.717) is 6.54 Å². The normalized spacial score (nSPS) is 21.9. The molecule has 1 aromatic rings. The number of nitrogens with one attached hydrogen (secondary N) is 2. The van der Waals surface area contributed by atoms with E-state index in [0.717, 1.165) is 30.8 Å². The molecular weight excluding hydrogens is 238 g/mol. The first-order chi connectivity index (χ1) is 9.00. The second-order valence-electron chi connectivity index (χ2n) is 6.09. The van der Waals surface area contributed by atoms with E-state index in [9.17, 15) is 4.79 Å². The molecule has 1 saturated heterocycles. The van der Waals surface area contributed by atoms with Crippen LogP contribution in [0.1, 0.15) is 25.8 Å². The predicted molar refractivity (Wildman–Crippen MR) is 77.7 cm³/mol. The van der Waals surface area contributed by atoms with E-state index in [1.807, 2.05) is 24.3 Å². The summed E-state index contributed by atoms with van der Waals surface area (Å²) in [6.07, 6.45) is 0.919. The third-order valence-corrected chi connectivity index (χ3v) is 3.59. The highest BCUT2D eigenvalue weighted by molar-refractivity contribution is 5.92. The van der Waals surface area contributed by atoms with Crippen molar-refractivity contribution in [3.05, 3.63) is 29.8 Å². The van der Waals surface area contributed by atoms with Crippen LogP contribution in [0.4, 0.5) is 5.69 Å². The van der Waals surface area contributed by atoms with E-state index in [4.69, 9.17) is 5.73 Å². The van der Waals surface area contributed by atoms with Gasteiger partial charge in [-0.2, -0.15) is 0 Å². The summed E-state index contributed by atoms with van der Waals surface area (Å²) in [5.41, 5.74) is 7.64. The van der Waals surface area contributed by atoms with Gasteiger partial charge in [0.25, 0.3) is 0 Å². The molecule has 1 aromatic carbocycles. The maximum absolute atomic E-state index is 12.3. The molecule has 1 aliphatic heterocycles. The molecule has 0 saturated carbocycles. The van der Waals surface area contributed by atoms with Gasteiger partial charge in [0, 0.05) is 25.3 Å². The number of rotatable bonds is 3. The van der Waals surface area contributed by atoms with Gasteiger partial charge >= 0.3 is 0 Å². The van der Waals surface area contributed by atoms with Gasteiger partial charge in [0.15, 0.2) is 0 Å². The van der Waals surface area contributed by atoms with E-state index < -0.39 is 0 Å². The highest BCUT2D eigenvalue weighted by Gasteiger charge is 2.31. The van der Waals surface area contributed by atoms with Crippen molar-refractivity contribution in [3.8, 4) is 0 Å². The Kier molecular flexibility index (Phi) is 4.22. The molecule has 0 spiro atoms. The van der Waals surface area contributed by atoms with Gasteiger partial charge in [0.05, 0.1) is 5.92 Å². The topological polar surface area (TPSA) is 67.2 Å². The molecular formula is C15H23N3O. The van der Waals surface area contributed by atoms with Crippen molar-refractivity contribution in [3.63, 3.8) is 0 Å². The lowest BCUT2D eigenvalue weighted by atomic mass is 9.79. The number of carbonyl (C=O) groups is 1. The van der Waals surface area contributed by atoms with Crippen molar-refractivity contribution in [2.24, 2.45) is 17.1 Å². The molecule has 1 aliphatic rings. The lowest BCUT2D eigenvalue weighted by molar-refractivity contribution is -0.121. The van der Waals surface area contributed by atoms with Crippen LogP contribution in [-0.2, 0) is 11.3 Å². The summed E-state index contributed by atoms with van der Waals surface area (Å²) in [5.74, 6) is 0.125. The molecule has 104 valence electrons. The third kappa shape index (κ3) is 3.78. The van der Waals surface area contributed by atoms with Gasteiger partial charge < -0.3 is 16.4 Å². The predicted octanol–water partition coefficient (Wildman–Crippen LogP) is 1.72. The Bertz CT molecular complexity index is 456. The standard InChI is InChI=1S/C15H23N3O/c1-15(2)7-12(9-17-10-15)14(19)18-13-5-3-4-11(6-13)8-16/h3-6,12,17H,7-10,16H2,1-2H3,(H,18,19)/t12-/m1/s1. The molecule has 2 rings (SSSR count). The summed E-state index contributed by atoms with van der Waals surface area (Å²) in [5, 5.41) is 6.32. The van der Waals surface area contributed by atoms with E-state index in [1.165, 1.54) is 0 Å². The number of piperidine rings is 1. The summed E-state index contributed by atoms with van der Waals surface area (Å²) >= 11 is 0. The van der Waals surface area contributed by atoms with Crippen LogP contribution in [0.25, 0.3) is 0 Å². The fourth-order valence-corrected chi connectivity index (χ4v) is 2.60. The average Bonchev–Trinajstić information content (AvgIpc) is 2.37. The summed E-state index contributed by atoms with van der Waals surface area (Å²) in [7, 11) is 0. The van der Waals surface area contributed by atoms with Gasteiger partial charge in [-0.05, 0) is 29.5 Å². The molecule has 0 aromatic heterocycles. The van der Waals surface area contributed by atoms with Crippen LogP contribution in [-0.4, -0.2) is 19.0 Å². The minimum absolute atomic E-state index is 0.0327. The maximum Gasteiger partial charge on any atom is 0.228 e. The first kappa shape index (κ1) is 14.0. The number of benzene rings is 1. The zero-order chi connectivity index (χ0) is 13.9. The first-order valence-corrected chi connectivity index (χ1v) is 6.81. The van der Waals surface area contributed by atoms with E-state index in [2.05, 4.69) is 24.5 Å². The van der Waals surface area contributed by atoms with Crippen LogP contribution in [0.3, 0.4) is 0 Å². The summed E-state index contributed by atoms with van der Waals surface area (Å²) in [6, 6.07) is 7.71. The lowest BCUT2D eigenvalue weighted by Crippen LogP contribution is -2.45. The molecule has 4 heteroatoms. The third-order valence-electron chi connectivity index (χ3n) is 3.59. The molecule has 1 heterocycles. The van der Waals surface area contributed by atoms with Gasteiger partial charge in [-0.1, -0.05) is 26.0 Å². The Hall–Kier alpha value is -1.39. The Morgan fingerprint density at radius 1 is 1.53 bits per heavy atom. The molecule has 0 unspecified atom stereocenters. The van der Waals surface area contributed by atoms with Crippen molar-refractivity contribution >= 4 is 11.6 Å². The molecule has 0 radical (unpaired) electrons. The van der Waals surface area contributed by atoms with Gasteiger partial charge in [-0.3, -0.25) is 4.79 Å². The fourth-order valence-electron chi connectivity index (χ4n) is 2.60. The number of amides is 1. The Morgan fingerprint density at radius 3 is 3.00 bits per heavy atom. The Labute approximate surface area is 114 Å². The van der Waals surface area contributed by atoms with Gasteiger partial charge in [0.1, 0.15) is 0 Å². The van der Waals surface area contributed by atoms with Crippen LogP contribution >= 0.6 is 0 Å². The summed E-state index contributed by atoms with van der Waals surface area (Å²) < 4.78 is 0. The monoisotopic (exact) mass is 261 g/mol.